The van der Waals surface area contributed by atoms with Crippen LogP contribution in [0.2, 0.25) is 0 Å². The van der Waals surface area contributed by atoms with Crippen molar-refractivity contribution in [3.8, 4) is 0 Å². The van der Waals surface area contributed by atoms with Gasteiger partial charge in [0, 0.05) is 18.7 Å². The minimum Gasteiger partial charge on any atom is -0.464 e. The summed E-state index contributed by atoms with van der Waals surface area (Å²) in [6.07, 6.45) is 2.73. The molecule has 15 heavy (non-hydrogen) atoms. The lowest BCUT2D eigenvalue weighted by Gasteiger charge is -2.11. The van der Waals surface area contributed by atoms with E-state index in [0.717, 1.165) is 0 Å². The van der Waals surface area contributed by atoms with Gasteiger partial charge in [0.2, 0.25) is 0 Å². The van der Waals surface area contributed by atoms with Crippen LogP contribution in [0.15, 0.2) is 17.1 Å². The van der Waals surface area contributed by atoms with E-state index in [1.165, 1.54) is 16.8 Å². The maximum absolute atomic E-state index is 11.6. The second kappa shape index (κ2) is 3.84. The van der Waals surface area contributed by atoms with Crippen molar-refractivity contribution < 1.29 is 9.53 Å². The summed E-state index contributed by atoms with van der Waals surface area (Å²) in [5.41, 5.74) is -0.185. The smallest absolute Gasteiger partial charge is 0.329 e. The second-order valence-electron chi connectivity index (χ2n) is 3.38. The van der Waals surface area contributed by atoms with Crippen molar-refractivity contribution in [1.29, 1.82) is 0 Å². The molecule has 0 fully saturated rings. The Labute approximate surface area is 86.7 Å². The molecule has 1 atom stereocenters. The van der Waals surface area contributed by atoms with Crippen LogP contribution < -0.4 is 5.56 Å². The minimum absolute atomic E-state index is 0.185. The lowest BCUT2D eigenvalue weighted by atomic mass is 10.2. The van der Waals surface area contributed by atoms with Crippen LogP contribution in [-0.4, -0.2) is 22.1 Å². The van der Waals surface area contributed by atoms with E-state index >= 15 is 0 Å². The van der Waals surface area contributed by atoms with Gasteiger partial charge in [-0.1, -0.05) is 0 Å². The molecule has 0 bridgehead atoms. The van der Waals surface area contributed by atoms with E-state index in [2.05, 4.69) is 4.98 Å². The first kappa shape index (κ1) is 9.89. The molecule has 0 saturated carbocycles. The van der Waals surface area contributed by atoms with Crippen LogP contribution in [0.1, 0.15) is 25.2 Å². The summed E-state index contributed by atoms with van der Waals surface area (Å²) < 4.78 is 6.34. The molecule has 80 valence electrons. The van der Waals surface area contributed by atoms with E-state index in [9.17, 15) is 9.59 Å². The summed E-state index contributed by atoms with van der Waals surface area (Å²) in [7, 11) is 0. The first-order valence-electron chi connectivity index (χ1n) is 4.97. The van der Waals surface area contributed by atoms with Gasteiger partial charge in [-0.3, -0.25) is 9.36 Å². The number of hydrogen-bond acceptors (Lipinski definition) is 4. The highest BCUT2D eigenvalue weighted by Gasteiger charge is 2.30. The molecule has 5 nitrogen and oxygen atoms in total. The number of carbonyl (C=O) groups is 1. The zero-order chi connectivity index (χ0) is 10.8. The van der Waals surface area contributed by atoms with Gasteiger partial charge in [0.15, 0.2) is 0 Å². The third-order valence-corrected chi connectivity index (χ3v) is 2.47. The van der Waals surface area contributed by atoms with Crippen LogP contribution in [0, 0.1) is 0 Å². The van der Waals surface area contributed by atoms with Crippen LogP contribution in [0.5, 0.6) is 0 Å². The fourth-order valence-electron chi connectivity index (χ4n) is 1.83. The quantitative estimate of drug-likeness (QED) is 0.655. The van der Waals surface area contributed by atoms with Crippen molar-refractivity contribution in [2.75, 3.05) is 6.61 Å². The first-order chi connectivity index (χ1) is 7.24. The van der Waals surface area contributed by atoms with E-state index in [4.69, 9.17) is 4.74 Å². The van der Waals surface area contributed by atoms with Gasteiger partial charge in [0.1, 0.15) is 11.9 Å². The van der Waals surface area contributed by atoms with Crippen molar-refractivity contribution in [3.05, 3.63) is 28.4 Å². The van der Waals surface area contributed by atoms with Gasteiger partial charge in [0.25, 0.3) is 5.56 Å². The molecule has 0 amide bonds. The van der Waals surface area contributed by atoms with Gasteiger partial charge in [-0.15, -0.1) is 0 Å². The Hall–Kier alpha value is -1.65. The second-order valence-corrected chi connectivity index (χ2v) is 3.38. The molecule has 0 unspecified atom stereocenters. The predicted octanol–water partition coefficient (Wildman–Crippen LogP) is 0.294. The van der Waals surface area contributed by atoms with E-state index in [-0.39, 0.29) is 11.5 Å². The monoisotopic (exact) mass is 208 g/mol. The molecule has 1 aliphatic rings. The summed E-state index contributed by atoms with van der Waals surface area (Å²) in [5.74, 6) is 0.326. The summed E-state index contributed by atoms with van der Waals surface area (Å²) in [6.45, 7) is 2.08. The fraction of sp³-hybridized carbons (Fsp3) is 0.500. The van der Waals surface area contributed by atoms with Crippen LogP contribution in [0.3, 0.4) is 0 Å². The summed E-state index contributed by atoms with van der Waals surface area (Å²) >= 11 is 0. The van der Waals surface area contributed by atoms with Gasteiger partial charge >= 0.3 is 5.97 Å². The highest BCUT2D eigenvalue weighted by Crippen LogP contribution is 2.22. The molecule has 0 radical (unpaired) electrons. The number of ether oxygens (including phenoxy) is 1. The predicted molar refractivity (Wildman–Crippen MR) is 52.5 cm³/mol. The Morgan fingerprint density at radius 3 is 3.27 bits per heavy atom. The Balaban J connectivity index is 2.36. The number of rotatable bonds is 2. The molecule has 2 heterocycles. The minimum atomic E-state index is -0.485. The van der Waals surface area contributed by atoms with E-state index in [1.54, 1.807) is 6.92 Å². The third kappa shape index (κ3) is 1.65. The molecule has 0 spiro atoms. The Morgan fingerprint density at radius 1 is 1.73 bits per heavy atom. The van der Waals surface area contributed by atoms with Crippen molar-refractivity contribution in [2.45, 2.75) is 25.8 Å². The number of aromatic nitrogens is 2. The van der Waals surface area contributed by atoms with E-state index in [0.29, 0.717) is 25.3 Å². The highest BCUT2D eigenvalue weighted by molar-refractivity contribution is 5.74. The number of esters is 1. The first-order valence-corrected chi connectivity index (χ1v) is 4.97. The molecular formula is C10H12N2O3. The molecule has 0 aromatic carbocycles. The molecule has 0 aliphatic carbocycles. The highest BCUT2D eigenvalue weighted by atomic mass is 16.5. The van der Waals surface area contributed by atoms with Crippen molar-refractivity contribution in [3.63, 3.8) is 0 Å². The molecular weight excluding hydrogens is 196 g/mol. The number of aryl methyl sites for hydroxylation is 1. The van der Waals surface area contributed by atoms with Gasteiger partial charge in [-0.2, -0.15) is 0 Å². The van der Waals surface area contributed by atoms with Crippen molar-refractivity contribution >= 4 is 5.97 Å². The molecule has 0 N–H and O–H groups in total. The lowest BCUT2D eigenvalue weighted by molar-refractivity contribution is -0.147. The van der Waals surface area contributed by atoms with Gasteiger partial charge in [0.05, 0.1) is 6.61 Å². The maximum Gasteiger partial charge on any atom is 0.329 e. The van der Waals surface area contributed by atoms with Crippen molar-refractivity contribution in [2.24, 2.45) is 0 Å². The zero-order valence-electron chi connectivity index (χ0n) is 8.47. The van der Waals surface area contributed by atoms with Crippen LogP contribution in [-0.2, 0) is 16.0 Å². The molecule has 1 aromatic heterocycles. The number of carbonyl (C=O) groups excluding carboxylic acids is 1. The normalized spacial score (nSPS) is 18.6. The third-order valence-electron chi connectivity index (χ3n) is 2.47. The molecule has 5 heteroatoms. The van der Waals surface area contributed by atoms with Crippen LogP contribution >= 0.6 is 0 Å². The Morgan fingerprint density at radius 2 is 2.53 bits per heavy atom. The topological polar surface area (TPSA) is 61.2 Å². The number of hydrogen-bond donors (Lipinski definition) is 0. The summed E-state index contributed by atoms with van der Waals surface area (Å²) in [4.78, 5) is 27.2. The SMILES string of the molecule is CCOC(=O)[C@@H]1CCc2nccc(=O)n21. The number of nitrogens with zero attached hydrogens (tertiary/aromatic N) is 2. The fourth-order valence-corrected chi connectivity index (χ4v) is 1.83. The van der Waals surface area contributed by atoms with E-state index in [1.807, 2.05) is 0 Å². The van der Waals surface area contributed by atoms with Crippen LogP contribution in [0.4, 0.5) is 0 Å². The van der Waals surface area contributed by atoms with Gasteiger partial charge in [-0.05, 0) is 13.3 Å². The van der Waals surface area contributed by atoms with E-state index < -0.39 is 6.04 Å². The lowest BCUT2D eigenvalue weighted by Crippen LogP contribution is -2.28. The molecule has 0 saturated heterocycles. The average Bonchev–Trinajstić information content (AvgIpc) is 2.63. The van der Waals surface area contributed by atoms with Crippen LogP contribution in [0.25, 0.3) is 0 Å². The molecule has 1 aromatic rings. The Bertz CT molecular complexity index is 439. The van der Waals surface area contributed by atoms with Crippen molar-refractivity contribution in [1.82, 2.24) is 9.55 Å². The largest absolute Gasteiger partial charge is 0.464 e. The summed E-state index contributed by atoms with van der Waals surface area (Å²) in [6, 6.07) is 0.877. The summed E-state index contributed by atoms with van der Waals surface area (Å²) in [5, 5.41) is 0. The van der Waals surface area contributed by atoms with Gasteiger partial charge in [-0.25, -0.2) is 9.78 Å². The maximum atomic E-state index is 11.6. The molecule has 2 rings (SSSR count). The zero-order valence-corrected chi connectivity index (χ0v) is 8.47. The number of fused-ring (bicyclic) bond motifs is 1. The Kier molecular flexibility index (Phi) is 2.53. The average molecular weight is 208 g/mol. The molecule has 1 aliphatic heterocycles. The van der Waals surface area contributed by atoms with Gasteiger partial charge < -0.3 is 4.74 Å². The standard InChI is InChI=1S/C10H12N2O3/c1-2-15-10(14)7-3-4-8-11-6-5-9(13)12(7)8/h5-7H,2-4H2,1H3/t7-/m0/s1.